The minimum absolute atomic E-state index is 0.106. The standard InChI is InChI=1S/C10H18O3/c1-5-13-9(12)7-10(3,4)6-8(2)11/h5-7H2,1-4H3. The van der Waals surface area contributed by atoms with E-state index in [0.29, 0.717) is 19.4 Å². The zero-order valence-corrected chi connectivity index (χ0v) is 8.85. The maximum absolute atomic E-state index is 11.1. The molecule has 0 unspecified atom stereocenters. The molecule has 0 amide bonds. The number of carbonyl (C=O) groups excluding carboxylic acids is 2. The zero-order valence-electron chi connectivity index (χ0n) is 8.85. The van der Waals surface area contributed by atoms with Crippen molar-refractivity contribution in [3.05, 3.63) is 0 Å². The number of ether oxygens (including phenoxy) is 1. The van der Waals surface area contributed by atoms with Gasteiger partial charge in [0.05, 0.1) is 13.0 Å². The first-order chi connectivity index (χ1) is 5.87. The van der Waals surface area contributed by atoms with Gasteiger partial charge >= 0.3 is 5.97 Å². The molecule has 0 saturated heterocycles. The molecule has 0 spiro atoms. The first-order valence-corrected chi connectivity index (χ1v) is 4.52. The molecule has 0 aliphatic rings. The number of esters is 1. The highest BCUT2D eigenvalue weighted by Gasteiger charge is 2.24. The van der Waals surface area contributed by atoms with E-state index in [1.165, 1.54) is 6.92 Å². The van der Waals surface area contributed by atoms with Crippen LogP contribution in [0.15, 0.2) is 0 Å². The minimum Gasteiger partial charge on any atom is -0.466 e. The van der Waals surface area contributed by atoms with Gasteiger partial charge in [0.15, 0.2) is 0 Å². The predicted octanol–water partition coefficient (Wildman–Crippen LogP) is 1.94. The van der Waals surface area contributed by atoms with E-state index in [9.17, 15) is 9.59 Å². The zero-order chi connectivity index (χ0) is 10.5. The van der Waals surface area contributed by atoms with Gasteiger partial charge in [0.2, 0.25) is 0 Å². The van der Waals surface area contributed by atoms with Crippen molar-refractivity contribution in [3.8, 4) is 0 Å². The third kappa shape index (κ3) is 6.31. The Morgan fingerprint density at radius 3 is 2.15 bits per heavy atom. The van der Waals surface area contributed by atoms with Crippen molar-refractivity contribution in [2.45, 2.75) is 40.5 Å². The molecule has 76 valence electrons. The van der Waals surface area contributed by atoms with Crippen LogP contribution in [0.4, 0.5) is 0 Å². The van der Waals surface area contributed by atoms with E-state index in [1.807, 2.05) is 13.8 Å². The lowest BCUT2D eigenvalue weighted by Gasteiger charge is -2.21. The summed E-state index contributed by atoms with van der Waals surface area (Å²) in [5.41, 5.74) is -0.280. The molecule has 0 atom stereocenters. The third-order valence-corrected chi connectivity index (χ3v) is 1.66. The van der Waals surface area contributed by atoms with Crippen LogP contribution in [0.25, 0.3) is 0 Å². The maximum atomic E-state index is 11.1. The van der Waals surface area contributed by atoms with Crippen LogP contribution in [0.1, 0.15) is 40.5 Å². The van der Waals surface area contributed by atoms with E-state index < -0.39 is 0 Å². The summed E-state index contributed by atoms with van der Waals surface area (Å²) in [6, 6.07) is 0. The smallest absolute Gasteiger partial charge is 0.306 e. The molecule has 3 heteroatoms. The molecule has 0 aliphatic heterocycles. The second kappa shape index (κ2) is 5.00. The highest BCUT2D eigenvalue weighted by Crippen LogP contribution is 2.25. The van der Waals surface area contributed by atoms with Gasteiger partial charge in [-0.25, -0.2) is 0 Å². The lowest BCUT2D eigenvalue weighted by molar-refractivity contribution is -0.145. The second-order valence-corrected chi connectivity index (χ2v) is 4.02. The Kier molecular flexibility index (Phi) is 4.67. The van der Waals surface area contributed by atoms with Gasteiger partial charge in [-0.3, -0.25) is 4.79 Å². The average Bonchev–Trinajstić information content (AvgIpc) is 1.81. The van der Waals surface area contributed by atoms with Crippen LogP contribution >= 0.6 is 0 Å². The number of hydrogen-bond donors (Lipinski definition) is 0. The van der Waals surface area contributed by atoms with Gasteiger partial charge in [-0.15, -0.1) is 0 Å². The lowest BCUT2D eigenvalue weighted by Crippen LogP contribution is -2.21. The summed E-state index contributed by atoms with van der Waals surface area (Å²) in [7, 11) is 0. The molecule has 0 heterocycles. The summed E-state index contributed by atoms with van der Waals surface area (Å²) in [5.74, 6) is -0.122. The Morgan fingerprint density at radius 1 is 1.23 bits per heavy atom. The van der Waals surface area contributed by atoms with Crippen LogP contribution in [-0.2, 0) is 14.3 Å². The van der Waals surface area contributed by atoms with Gasteiger partial charge in [-0.2, -0.15) is 0 Å². The van der Waals surface area contributed by atoms with Crippen molar-refractivity contribution in [2.24, 2.45) is 5.41 Å². The Morgan fingerprint density at radius 2 is 1.77 bits per heavy atom. The average molecular weight is 186 g/mol. The number of ketones is 1. The SMILES string of the molecule is CCOC(=O)CC(C)(C)CC(C)=O. The largest absolute Gasteiger partial charge is 0.466 e. The van der Waals surface area contributed by atoms with E-state index in [-0.39, 0.29) is 17.2 Å². The molecule has 3 nitrogen and oxygen atoms in total. The van der Waals surface area contributed by atoms with Crippen molar-refractivity contribution in [2.75, 3.05) is 6.61 Å². The first-order valence-electron chi connectivity index (χ1n) is 4.52. The summed E-state index contributed by atoms with van der Waals surface area (Å²) >= 11 is 0. The molecule has 0 N–H and O–H groups in total. The van der Waals surface area contributed by atoms with Crippen molar-refractivity contribution in [1.82, 2.24) is 0 Å². The fourth-order valence-corrected chi connectivity index (χ4v) is 1.34. The monoisotopic (exact) mass is 186 g/mol. The molecular weight excluding hydrogens is 168 g/mol. The molecule has 0 aromatic heterocycles. The van der Waals surface area contributed by atoms with Crippen LogP contribution in [0.5, 0.6) is 0 Å². The summed E-state index contributed by atoms with van der Waals surface area (Å²) in [6.45, 7) is 7.49. The molecule has 0 radical (unpaired) electrons. The highest BCUT2D eigenvalue weighted by molar-refractivity contribution is 5.77. The highest BCUT2D eigenvalue weighted by atomic mass is 16.5. The summed E-state index contributed by atoms with van der Waals surface area (Å²) < 4.78 is 4.81. The number of carbonyl (C=O) groups is 2. The summed E-state index contributed by atoms with van der Waals surface area (Å²) in [6.07, 6.45) is 0.728. The number of hydrogen-bond acceptors (Lipinski definition) is 3. The van der Waals surface area contributed by atoms with E-state index in [0.717, 1.165) is 0 Å². The molecule has 0 aromatic rings. The molecule has 0 aromatic carbocycles. The van der Waals surface area contributed by atoms with Gasteiger partial charge in [0.25, 0.3) is 0 Å². The maximum Gasteiger partial charge on any atom is 0.306 e. The van der Waals surface area contributed by atoms with Crippen molar-refractivity contribution >= 4 is 11.8 Å². The second-order valence-electron chi connectivity index (χ2n) is 4.02. The molecule has 0 rings (SSSR count). The van der Waals surface area contributed by atoms with Crippen molar-refractivity contribution in [1.29, 1.82) is 0 Å². The lowest BCUT2D eigenvalue weighted by atomic mass is 9.84. The van der Waals surface area contributed by atoms with Crippen molar-refractivity contribution < 1.29 is 14.3 Å². The van der Waals surface area contributed by atoms with Gasteiger partial charge in [0, 0.05) is 6.42 Å². The predicted molar refractivity (Wildman–Crippen MR) is 50.3 cm³/mol. The van der Waals surface area contributed by atoms with Crippen molar-refractivity contribution in [3.63, 3.8) is 0 Å². The quantitative estimate of drug-likeness (QED) is 0.616. The van der Waals surface area contributed by atoms with Crippen LogP contribution in [-0.4, -0.2) is 18.4 Å². The van der Waals surface area contributed by atoms with Gasteiger partial charge in [-0.05, 0) is 19.3 Å². The first kappa shape index (κ1) is 12.1. The van der Waals surface area contributed by atoms with Gasteiger partial charge < -0.3 is 9.53 Å². The summed E-state index contributed by atoms with van der Waals surface area (Å²) in [5, 5.41) is 0. The van der Waals surface area contributed by atoms with E-state index >= 15 is 0 Å². The normalized spacial score (nSPS) is 11.1. The van der Waals surface area contributed by atoms with Gasteiger partial charge in [0.1, 0.15) is 5.78 Å². The van der Waals surface area contributed by atoms with E-state index in [1.54, 1.807) is 6.92 Å². The Labute approximate surface area is 79.5 Å². The molecule has 0 fully saturated rings. The fourth-order valence-electron chi connectivity index (χ4n) is 1.34. The van der Waals surface area contributed by atoms with Crippen LogP contribution < -0.4 is 0 Å². The topological polar surface area (TPSA) is 43.4 Å². The molecule has 0 aliphatic carbocycles. The molecule has 0 bridgehead atoms. The molecule has 13 heavy (non-hydrogen) atoms. The van der Waals surface area contributed by atoms with Gasteiger partial charge in [-0.1, -0.05) is 13.8 Å². The Balaban J connectivity index is 4.00. The summed E-state index contributed by atoms with van der Waals surface area (Å²) in [4.78, 5) is 22.0. The number of Topliss-reactive ketones (excluding diaryl/α,β-unsaturated/α-hetero) is 1. The number of rotatable bonds is 5. The van der Waals surface area contributed by atoms with Crippen LogP contribution in [0.3, 0.4) is 0 Å². The van der Waals surface area contributed by atoms with E-state index in [2.05, 4.69) is 0 Å². The Bertz CT molecular complexity index is 194. The van der Waals surface area contributed by atoms with Crippen LogP contribution in [0, 0.1) is 5.41 Å². The van der Waals surface area contributed by atoms with E-state index in [4.69, 9.17) is 4.74 Å². The molecular formula is C10H18O3. The molecule has 0 saturated carbocycles. The Hall–Kier alpha value is -0.860. The third-order valence-electron chi connectivity index (χ3n) is 1.66. The minimum atomic E-state index is -0.280. The fraction of sp³-hybridized carbons (Fsp3) is 0.800. The van der Waals surface area contributed by atoms with Crippen LogP contribution in [0.2, 0.25) is 0 Å².